The normalized spacial score (nSPS) is 12.6. The minimum Gasteiger partial charge on any atom is -0.380 e. The van der Waals surface area contributed by atoms with Crippen molar-refractivity contribution >= 4 is 11.3 Å². The summed E-state index contributed by atoms with van der Waals surface area (Å²) in [6, 6.07) is 13.3. The third-order valence-corrected chi connectivity index (χ3v) is 4.45. The highest BCUT2D eigenvalue weighted by Crippen LogP contribution is 2.33. The third-order valence-electron chi connectivity index (χ3n) is 3.15. The van der Waals surface area contributed by atoms with Crippen molar-refractivity contribution in [2.24, 2.45) is 0 Å². The first-order valence-corrected chi connectivity index (χ1v) is 7.48. The van der Waals surface area contributed by atoms with Crippen LogP contribution in [0.1, 0.15) is 30.3 Å². The van der Waals surface area contributed by atoms with Gasteiger partial charge in [0.15, 0.2) is 0 Å². The fraction of sp³-hybridized carbons (Fsp3) is 0.375. The number of rotatable bonds is 6. The molecule has 0 aliphatic heterocycles. The van der Waals surface area contributed by atoms with E-state index in [1.54, 1.807) is 7.11 Å². The monoisotopic (exact) mass is 275 g/mol. The number of nitrogens with one attached hydrogen (secondary N) is 1. The molecule has 0 fully saturated rings. The molecule has 1 atom stereocenters. The minimum absolute atomic E-state index is 0.415. The Labute approximate surface area is 119 Å². The van der Waals surface area contributed by atoms with Crippen LogP contribution in [0.5, 0.6) is 0 Å². The molecule has 0 radical (unpaired) electrons. The quantitative estimate of drug-likeness (QED) is 0.851. The zero-order chi connectivity index (χ0) is 13.7. The summed E-state index contributed by atoms with van der Waals surface area (Å²) in [5.74, 6) is 0. The van der Waals surface area contributed by atoms with E-state index in [9.17, 15) is 0 Å². The molecular formula is C16H21NOS. The van der Waals surface area contributed by atoms with Gasteiger partial charge in [-0.15, -0.1) is 11.3 Å². The van der Waals surface area contributed by atoms with Gasteiger partial charge in [0.05, 0.1) is 6.61 Å². The number of hydrogen-bond acceptors (Lipinski definition) is 3. The molecule has 2 rings (SSSR count). The lowest BCUT2D eigenvalue weighted by atomic mass is 10.1. The van der Waals surface area contributed by atoms with Crippen molar-refractivity contribution in [3.63, 3.8) is 0 Å². The Hall–Kier alpha value is -1.16. The molecule has 0 bridgehead atoms. The van der Waals surface area contributed by atoms with E-state index >= 15 is 0 Å². The van der Waals surface area contributed by atoms with E-state index in [4.69, 9.17) is 4.74 Å². The number of thiophene rings is 1. The van der Waals surface area contributed by atoms with Gasteiger partial charge in [-0.2, -0.15) is 0 Å². The maximum absolute atomic E-state index is 5.28. The number of ether oxygens (including phenoxy) is 1. The SMILES string of the molecule is CCNC(C)c1ccc(-c2ccccc2COC)s1. The van der Waals surface area contributed by atoms with Gasteiger partial charge < -0.3 is 10.1 Å². The highest BCUT2D eigenvalue weighted by atomic mass is 32.1. The van der Waals surface area contributed by atoms with E-state index in [1.807, 2.05) is 11.3 Å². The molecule has 1 N–H and O–H groups in total. The fourth-order valence-electron chi connectivity index (χ4n) is 2.18. The number of methoxy groups -OCH3 is 1. The van der Waals surface area contributed by atoms with Crippen molar-refractivity contribution in [3.05, 3.63) is 46.8 Å². The molecule has 2 nitrogen and oxygen atoms in total. The average Bonchev–Trinajstić information content (AvgIpc) is 2.90. The Morgan fingerprint density at radius 3 is 2.74 bits per heavy atom. The van der Waals surface area contributed by atoms with E-state index in [0.717, 1.165) is 6.54 Å². The summed E-state index contributed by atoms with van der Waals surface area (Å²) < 4.78 is 5.28. The van der Waals surface area contributed by atoms with Gasteiger partial charge in [-0.1, -0.05) is 31.2 Å². The minimum atomic E-state index is 0.415. The molecule has 1 aromatic carbocycles. The summed E-state index contributed by atoms with van der Waals surface area (Å²) in [6.45, 7) is 6.00. The van der Waals surface area contributed by atoms with Gasteiger partial charge in [0.2, 0.25) is 0 Å². The van der Waals surface area contributed by atoms with Crippen LogP contribution < -0.4 is 5.32 Å². The Bertz CT molecular complexity index is 521. The molecule has 0 aliphatic rings. The molecule has 3 heteroatoms. The van der Waals surface area contributed by atoms with Crippen molar-refractivity contribution in [2.75, 3.05) is 13.7 Å². The summed E-state index contributed by atoms with van der Waals surface area (Å²) in [6.07, 6.45) is 0. The topological polar surface area (TPSA) is 21.3 Å². The zero-order valence-electron chi connectivity index (χ0n) is 11.8. The zero-order valence-corrected chi connectivity index (χ0v) is 12.6. The van der Waals surface area contributed by atoms with E-state index in [2.05, 4.69) is 55.6 Å². The van der Waals surface area contributed by atoms with Crippen molar-refractivity contribution in [1.29, 1.82) is 0 Å². The molecule has 1 aromatic heterocycles. The molecule has 0 saturated carbocycles. The van der Waals surface area contributed by atoms with Crippen LogP contribution in [0, 0.1) is 0 Å². The van der Waals surface area contributed by atoms with Gasteiger partial charge in [0.25, 0.3) is 0 Å². The Balaban J connectivity index is 2.27. The Kier molecular flexibility index (Phi) is 5.14. The highest BCUT2D eigenvalue weighted by Gasteiger charge is 2.10. The summed E-state index contributed by atoms with van der Waals surface area (Å²) in [5.41, 5.74) is 2.53. The second kappa shape index (κ2) is 6.85. The molecule has 0 spiro atoms. The fourth-order valence-corrected chi connectivity index (χ4v) is 3.27. The van der Waals surface area contributed by atoms with Crippen molar-refractivity contribution in [1.82, 2.24) is 5.32 Å². The average molecular weight is 275 g/mol. The second-order valence-electron chi connectivity index (χ2n) is 4.57. The maximum Gasteiger partial charge on any atom is 0.0719 e. The van der Waals surface area contributed by atoms with E-state index in [-0.39, 0.29) is 0 Å². The molecule has 0 saturated heterocycles. The van der Waals surface area contributed by atoms with Crippen LogP contribution in [-0.4, -0.2) is 13.7 Å². The second-order valence-corrected chi connectivity index (χ2v) is 5.69. The number of benzene rings is 1. The lowest BCUT2D eigenvalue weighted by Crippen LogP contribution is -2.16. The predicted molar refractivity (Wildman–Crippen MR) is 82.6 cm³/mol. The molecule has 2 aromatic rings. The summed E-state index contributed by atoms with van der Waals surface area (Å²) in [7, 11) is 1.74. The molecule has 0 aliphatic carbocycles. The summed E-state index contributed by atoms with van der Waals surface area (Å²) >= 11 is 1.86. The predicted octanol–water partition coefficient (Wildman–Crippen LogP) is 4.23. The van der Waals surface area contributed by atoms with Crippen LogP contribution in [0.2, 0.25) is 0 Å². The standard InChI is InChI=1S/C16H21NOS/c1-4-17-12(2)15-9-10-16(19-15)14-8-6-5-7-13(14)11-18-3/h5-10,12,17H,4,11H2,1-3H3. The Morgan fingerprint density at radius 2 is 2.00 bits per heavy atom. The van der Waals surface area contributed by atoms with Crippen molar-refractivity contribution in [3.8, 4) is 10.4 Å². The smallest absolute Gasteiger partial charge is 0.0719 e. The Morgan fingerprint density at radius 1 is 1.21 bits per heavy atom. The molecule has 102 valence electrons. The molecule has 0 amide bonds. The largest absolute Gasteiger partial charge is 0.380 e. The van der Waals surface area contributed by atoms with Gasteiger partial charge >= 0.3 is 0 Å². The lowest BCUT2D eigenvalue weighted by Gasteiger charge is -2.09. The van der Waals surface area contributed by atoms with Gasteiger partial charge in [0.1, 0.15) is 0 Å². The highest BCUT2D eigenvalue weighted by molar-refractivity contribution is 7.15. The van der Waals surface area contributed by atoms with Crippen LogP contribution in [-0.2, 0) is 11.3 Å². The van der Waals surface area contributed by atoms with Gasteiger partial charge in [0, 0.05) is 22.9 Å². The van der Waals surface area contributed by atoms with Crippen LogP contribution in [0.3, 0.4) is 0 Å². The maximum atomic E-state index is 5.28. The van der Waals surface area contributed by atoms with E-state index in [1.165, 1.54) is 20.9 Å². The number of hydrogen-bond donors (Lipinski definition) is 1. The van der Waals surface area contributed by atoms with Gasteiger partial charge in [-0.25, -0.2) is 0 Å². The summed E-state index contributed by atoms with van der Waals surface area (Å²) in [5, 5.41) is 3.45. The molecular weight excluding hydrogens is 254 g/mol. The first-order chi connectivity index (χ1) is 9.26. The van der Waals surface area contributed by atoms with Gasteiger partial charge in [-0.05, 0) is 36.7 Å². The van der Waals surface area contributed by atoms with Crippen LogP contribution in [0.25, 0.3) is 10.4 Å². The van der Waals surface area contributed by atoms with Crippen molar-refractivity contribution in [2.45, 2.75) is 26.5 Å². The van der Waals surface area contributed by atoms with Crippen LogP contribution in [0.4, 0.5) is 0 Å². The van der Waals surface area contributed by atoms with Crippen LogP contribution >= 0.6 is 11.3 Å². The first-order valence-electron chi connectivity index (χ1n) is 6.66. The third kappa shape index (κ3) is 3.44. The van der Waals surface area contributed by atoms with Gasteiger partial charge in [-0.3, -0.25) is 0 Å². The summed E-state index contributed by atoms with van der Waals surface area (Å²) in [4.78, 5) is 2.69. The van der Waals surface area contributed by atoms with Crippen molar-refractivity contribution < 1.29 is 4.74 Å². The molecule has 19 heavy (non-hydrogen) atoms. The molecule has 1 unspecified atom stereocenters. The lowest BCUT2D eigenvalue weighted by molar-refractivity contribution is 0.185. The van der Waals surface area contributed by atoms with Crippen LogP contribution in [0.15, 0.2) is 36.4 Å². The van der Waals surface area contributed by atoms with E-state index < -0.39 is 0 Å². The first kappa shape index (κ1) is 14.3. The molecule has 1 heterocycles. The van der Waals surface area contributed by atoms with E-state index in [0.29, 0.717) is 12.6 Å².